The molecule has 0 saturated carbocycles. The fraction of sp³-hybridized carbons (Fsp3) is 0.526. The van der Waals surface area contributed by atoms with Gasteiger partial charge in [-0.05, 0) is 44.6 Å². The predicted molar refractivity (Wildman–Crippen MR) is 102 cm³/mol. The highest BCUT2D eigenvalue weighted by atomic mass is 32.1. The van der Waals surface area contributed by atoms with Crippen LogP contribution in [0.2, 0.25) is 0 Å². The van der Waals surface area contributed by atoms with E-state index in [1.165, 1.54) is 5.01 Å². The average Bonchev–Trinajstić information content (AvgIpc) is 2.67. The zero-order chi connectivity index (χ0) is 19.3. The van der Waals surface area contributed by atoms with Gasteiger partial charge in [0.2, 0.25) is 5.91 Å². The Morgan fingerprint density at radius 1 is 1.35 bits per heavy atom. The van der Waals surface area contributed by atoms with E-state index in [4.69, 9.17) is 0 Å². The molecule has 0 spiro atoms. The Hall–Kier alpha value is -2.02. The smallest absolute Gasteiger partial charge is 0.303 e. The maximum atomic E-state index is 12.6. The van der Waals surface area contributed by atoms with Gasteiger partial charge in [0.15, 0.2) is 0 Å². The standard InChI is InChI=1S/C19H26N2O4S/c1-19(2)14(12-17(23)24)9-6-10-16(22)21(19)20-18(25)15(26)11-13-7-4-3-5-8-13/h3-5,7-8,14-15,26H,6,9-12H2,1-2H3,(H,20,25)(H,23,24)/t14-,15+/m0/s1. The van der Waals surface area contributed by atoms with Crippen LogP contribution in [0.1, 0.15) is 45.1 Å². The SMILES string of the molecule is CC1(C)[C@H](CC(=O)O)CCCC(=O)N1NC(=O)[C@H](S)Cc1ccccc1. The summed E-state index contributed by atoms with van der Waals surface area (Å²) in [6, 6.07) is 9.52. The maximum Gasteiger partial charge on any atom is 0.303 e. The summed E-state index contributed by atoms with van der Waals surface area (Å²) in [5.74, 6) is -1.70. The number of rotatable bonds is 6. The highest BCUT2D eigenvalue weighted by Crippen LogP contribution is 2.34. The Balaban J connectivity index is 2.11. The first-order valence-electron chi connectivity index (χ1n) is 8.79. The quantitative estimate of drug-likeness (QED) is 0.664. The van der Waals surface area contributed by atoms with Crippen molar-refractivity contribution in [2.45, 2.75) is 56.7 Å². The molecule has 0 aliphatic carbocycles. The Bertz CT molecular complexity index is 663. The van der Waals surface area contributed by atoms with E-state index in [0.717, 1.165) is 5.56 Å². The third kappa shape index (κ3) is 5.00. The van der Waals surface area contributed by atoms with Crippen LogP contribution < -0.4 is 5.43 Å². The number of amides is 2. The number of hydrazine groups is 1. The normalized spacial score (nSPS) is 21.0. The topological polar surface area (TPSA) is 86.7 Å². The van der Waals surface area contributed by atoms with Gasteiger partial charge in [0.05, 0.1) is 17.2 Å². The van der Waals surface area contributed by atoms with Crippen molar-refractivity contribution < 1.29 is 19.5 Å². The highest BCUT2D eigenvalue weighted by Gasteiger charge is 2.42. The van der Waals surface area contributed by atoms with Crippen molar-refractivity contribution >= 4 is 30.4 Å². The number of hydrogen-bond acceptors (Lipinski definition) is 4. The number of thiol groups is 1. The van der Waals surface area contributed by atoms with Gasteiger partial charge < -0.3 is 5.11 Å². The summed E-state index contributed by atoms with van der Waals surface area (Å²) < 4.78 is 0. The number of carbonyl (C=O) groups excluding carboxylic acids is 2. The molecule has 2 atom stereocenters. The minimum Gasteiger partial charge on any atom is -0.481 e. The number of aliphatic carboxylic acids is 1. The molecule has 1 saturated heterocycles. The van der Waals surface area contributed by atoms with Gasteiger partial charge in [-0.3, -0.25) is 19.8 Å². The highest BCUT2D eigenvalue weighted by molar-refractivity contribution is 7.81. The second kappa shape index (κ2) is 8.58. The first-order valence-corrected chi connectivity index (χ1v) is 9.30. The van der Waals surface area contributed by atoms with Crippen LogP contribution in [-0.4, -0.2) is 38.7 Å². The summed E-state index contributed by atoms with van der Waals surface area (Å²) >= 11 is 4.38. The van der Waals surface area contributed by atoms with Gasteiger partial charge in [-0.15, -0.1) is 0 Å². The lowest BCUT2D eigenvalue weighted by Gasteiger charge is -2.42. The van der Waals surface area contributed by atoms with Gasteiger partial charge in [0.1, 0.15) is 0 Å². The molecule has 2 N–H and O–H groups in total. The monoisotopic (exact) mass is 378 g/mol. The van der Waals surface area contributed by atoms with Crippen LogP contribution >= 0.6 is 12.6 Å². The minimum atomic E-state index is -0.903. The molecule has 1 aromatic carbocycles. The van der Waals surface area contributed by atoms with E-state index in [1.807, 2.05) is 30.3 Å². The molecule has 0 radical (unpaired) electrons. The number of benzene rings is 1. The van der Waals surface area contributed by atoms with Gasteiger partial charge in [-0.1, -0.05) is 30.3 Å². The number of nitrogens with one attached hydrogen (secondary N) is 1. The molecular formula is C19H26N2O4S. The zero-order valence-corrected chi connectivity index (χ0v) is 16.0. The Morgan fingerprint density at radius 2 is 2.00 bits per heavy atom. The van der Waals surface area contributed by atoms with Crippen LogP contribution in [-0.2, 0) is 20.8 Å². The van der Waals surface area contributed by atoms with Crippen LogP contribution in [0.4, 0.5) is 0 Å². The first kappa shape index (κ1) is 20.3. The summed E-state index contributed by atoms with van der Waals surface area (Å²) in [5, 5.41) is 9.89. The molecule has 1 aromatic rings. The van der Waals surface area contributed by atoms with E-state index in [-0.39, 0.29) is 30.6 Å². The molecule has 2 amide bonds. The number of hydrogen-bond donors (Lipinski definition) is 3. The number of carboxylic acid groups (broad SMARTS) is 1. The van der Waals surface area contributed by atoms with Crippen molar-refractivity contribution in [2.75, 3.05) is 0 Å². The summed E-state index contributed by atoms with van der Waals surface area (Å²) in [4.78, 5) is 36.3. The van der Waals surface area contributed by atoms with Gasteiger partial charge in [-0.25, -0.2) is 5.01 Å². The van der Waals surface area contributed by atoms with Gasteiger partial charge in [0, 0.05) is 6.42 Å². The van der Waals surface area contributed by atoms with Crippen LogP contribution in [0.25, 0.3) is 0 Å². The number of nitrogens with zero attached hydrogens (tertiary/aromatic N) is 1. The van der Waals surface area contributed by atoms with Crippen molar-refractivity contribution in [3.8, 4) is 0 Å². The van der Waals surface area contributed by atoms with E-state index in [0.29, 0.717) is 19.3 Å². The molecule has 0 aromatic heterocycles. The van der Waals surface area contributed by atoms with Crippen molar-refractivity contribution in [2.24, 2.45) is 5.92 Å². The summed E-state index contributed by atoms with van der Waals surface area (Å²) in [7, 11) is 0. The summed E-state index contributed by atoms with van der Waals surface area (Å²) in [6.45, 7) is 3.60. The second-order valence-corrected chi connectivity index (χ2v) is 7.87. The molecule has 1 aliphatic rings. The van der Waals surface area contributed by atoms with Crippen LogP contribution in [0.5, 0.6) is 0 Å². The molecule has 1 heterocycles. The Labute approximate surface area is 159 Å². The number of carbonyl (C=O) groups is 3. The van der Waals surface area contributed by atoms with Gasteiger partial charge >= 0.3 is 5.97 Å². The van der Waals surface area contributed by atoms with Crippen molar-refractivity contribution in [3.63, 3.8) is 0 Å². The van der Waals surface area contributed by atoms with E-state index in [9.17, 15) is 19.5 Å². The first-order chi connectivity index (χ1) is 12.2. The molecule has 142 valence electrons. The Morgan fingerprint density at radius 3 is 2.62 bits per heavy atom. The number of carboxylic acids is 1. The van der Waals surface area contributed by atoms with Crippen molar-refractivity contribution in [1.29, 1.82) is 0 Å². The average molecular weight is 378 g/mol. The molecule has 1 aliphatic heterocycles. The van der Waals surface area contributed by atoms with E-state index in [2.05, 4.69) is 18.1 Å². The van der Waals surface area contributed by atoms with E-state index in [1.54, 1.807) is 13.8 Å². The van der Waals surface area contributed by atoms with Gasteiger partial charge in [-0.2, -0.15) is 12.6 Å². The van der Waals surface area contributed by atoms with Gasteiger partial charge in [0.25, 0.3) is 5.91 Å². The lowest BCUT2D eigenvalue weighted by Crippen LogP contribution is -2.60. The van der Waals surface area contributed by atoms with Crippen LogP contribution in [0.3, 0.4) is 0 Å². The molecule has 0 bridgehead atoms. The lowest BCUT2D eigenvalue weighted by molar-refractivity contribution is -0.151. The largest absolute Gasteiger partial charge is 0.481 e. The zero-order valence-electron chi connectivity index (χ0n) is 15.1. The molecule has 2 rings (SSSR count). The fourth-order valence-electron chi connectivity index (χ4n) is 3.35. The molecule has 0 unspecified atom stereocenters. The predicted octanol–water partition coefficient (Wildman–Crippen LogP) is 2.44. The summed E-state index contributed by atoms with van der Waals surface area (Å²) in [5.41, 5.74) is 2.89. The van der Waals surface area contributed by atoms with Crippen LogP contribution in [0, 0.1) is 5.92 Å². The molecule has 7 heteroatoms. The third-order valence-electron chi connectivity index (χ3n) is 4.99. The third-order valence-corrected chi connectivity index (χ3v) is 5.40. The van der Waals surface area contributed by atoms with E-state index < -0.39 is 16.8 Å². The van der Waals surface area contributed by atoms with Crippen LogP contribution in [0.15, 0.2) is 30.3 Å². The van der Waals surface area contributed by atoms with Crippen molar-refractivity contribution in [1.82, 2.24) is 10.4 Å². The second-order valence-electron chi connectivity index (χ2n) is 7.25. The minimum absolute atomic E-state index is 0.0407. The maximum absolute atomic E-state index is 12.6. The molecule has 6 nitrogen and oxygen atoms in total. The molecule has 1 fully saturated rings. The summed E-state index contributed by atoms with van der Waals surface area (Å²) in [6.07, 6.45) is 1.93. The lowest BCUT2D eigenvalue weighted by atomic mass is 9.82. The molecular weight excluding hydrogens is 352 g/mol. The molecule has 26 heavy (non-hydrogen) atoms. The van der Waals surface area contributed by atoms with E-state index >= 15 is 0 Å². The fourth-order valence-corrected chi connectivity index (χ4v) is 3.62. The van der Waals surface area contributed by atoms with Crippen molar-refractivity contribution in [3.05, 3.63) is 35.9 Å². The Kier molecular flexibility index (Phi) is 6.69.